The van der Waals surface area contributed by atoms with E-state index in [-0.39, 0.29) is 23.9 Å². The van der Waals surface area contributed by atoms with Crippen molar-refractivity contribution in [2.24, 2.45) is 4.99 Å². The van der Waals surface area contributed by atoms with Crippen LogP contribution >= 0.6 is 23.4 Å². The summed E-state index contributed by atoms with van der Waals surface area (Å²) in [4.78, 5) is 30.6. The van der Waals surface area contributed by atoms with Crippen molar-refractivity contribution in [2.45, 2.75) is 20.5 Å². The van der Waals surface area contributed by atoms with Crippen LogP contribution in [0, 0.1) is 5.82 Å². The van der Waals surface area contributed by atoms with Crippen LogP contribution in [0.5, 0.6) is 11.5 Å². The molecule has 0 aromatic heterocycles. The molecule has 1 amide bonds. The van der Waals surface area contributed by atoms with E-state index in [1.807, 2.05) is 13.8 Å². The van der Waals surface area contributed by atoms with E-state index < -0.39 is 5.97 Å². The number of carboxylic acid groups (broad SMARTS) is 1. The molecule has 0 saturated carbocycles. The molecule has 3 aromatic carbocycles. The number of ether oxygens (including phenoxy) is 2. The Morgan fingerprint density at radius 1 is 1.11 bits per heavy atom. The summed E-state index contributed by atoms with van der Waals surface area (Å²) in [5.41, 5.74) is 2.14. The third-order valence-electron chi connectivity index (χ3n) is 5.47. The lowest BCUT2D eigenvalue weighted by molar-refractivity contribution is -0.122. The predicted octanol–water partition coefficient (Wildman–Crippen LogP) is 6.78. The summed E-state index contributed by atoms with van der Waals surface area (Å²) in [6.45, 7) is 4.64. The molecule has 0 bridgehead atoms. The number of rotatable bonds is 9. The smallest absolute Gasteiger partial charge is 0.335 e. The topological polar surface area (TPSA) is 88.4 Å². The summed E-state index contributed by atoms with van der Waals surface area (Å²) in [5, 5.41) is 9.86. The highest BCUT2D eigenvalue weighted by molar-refractivity contribution is 8.18. The normalized spacial score (nSPS) is 15.4. The van der Waals surface area contributed by atoms with Crippen LogP contribution in [0.15, 0.2) is 70.6 Å². The second-order valence-electron chi connectivity index (χ2n) is 8.08. The van der Waals surface area contributed by atoms with Crippen molar-refractivity contribution in [3.05, 3.63) is 93.1 Å². The van der Waals surface area contributed by atoms with E-state index in [9.17, 15) is 14.0 Å². The first-order chi connectivity index (χ1) is 18.3. The molecule has 0 aliphatic carbocycles. The quantitative estimate of drug-likeness (QED) is 0.293. The average molecular weight is 555 g/mol. The van der Waals surface area contributed by atoms with E-state index in [2.05, 4.69) is 4.99 Å². The van der Waals surface area contributed by atoms with Crippen molar-refractivity contribution < 1.29 is 28.6 Å². The molecule has 1 saturated heterocycles. The molecule has 1 aliphatic heterocycles. The SMILES string of the molecule is CCOc1cc(/C=C2/SC(=Nc3ccc(F)cc3)N(CC)C2=O)cc(Cl)c1OCc1ccc(C(=O)O)cc1. The van der Waals surface area contributed by atoms with Crippen molar-refractivity contribution in [1.29, 1.82) is 0 Å². The van der Waals surface area contributed by atoms with Gasteiger partial charge in [-0.05, 0) is 91.3 Å². The number of aromatic carboxylic acids is 1. The number of benzene rings is 3. The number of carboxylic acids is 1. The second kappa shape index (κ2) is 12.1. The van der Waals surface area contributed by atoms with Crippen molar-refractivity contribution in [1.82, 2.24) is 4.90 Å². The maximum absolute atomic E-state index is 13.3. The lowest BCUT2D eigenvalue weighted by atomic mass is 10.1. The van der Waals surface area contributed by atoms with Crippen LogP contribution in [-0.4, -0.2) is 40.2 Å². The van der Waals surface area contributed by atoms with E-state index in [0.29, 0.717) is 51.0 Å². The van der Waals surface area contributed by atoms with E-state index in [1.165, 1.54) is 36.0 Å². The van der Waals surface area contributed by atoms with Gasteiger partial charge in [0.1, 0.15) is 12.4 Å². The largest absolute Gasteiger partial charge is 0.490 e. The first kappa shape index (κ1) is 27.2. The highest BCUT2D eigenvalue weighted by atomic mass is 35.5. The zero-order valence-corrected chi connectivity index (χ0v) is 22.2. The molecule has 196 valence electrons. The second-order valence-corrected chi connectivity index (χ2v) is 9.50. The lowest BCUT2D eigenvalue weighted by Gasteiger charge is -2.15. The maximum atomic E-state index is 13.3. The Morgan fingerprint density at radius 3 is 2.45 bits per heavy atom. The minimum atomic E-state index is -1.00. The summed E-state index contributed by atoms with van der Waals surface area (Å²) in [6, 6.07) is 15.5. The number of likely N-dealkylation sites (N-methyl/N-ethyl adjacent to an activating group) is 1. The number of amidine groups is 1. The first-order valence-electron chi connectivity index (χ1n) is 11.8. The fraction of sp³-hybridized carbons (Fsp3) is 0.179. The summed E-state index contributed by atoms with van der Waals surface area (Å²) in [5.74, 6) is -0.798. The summed E-state index contributed by atoms with van der Waals surface area (Å²) in [7, 11) is 0. The Hall–Kier alpha value is -3.82. The zero-order valence-electron chi connectivity index (χ0n) is 20.6. The molecule has 3 aromatic rings. The van der Waals surface area contributed by atoms with Gasteiger partial charge in [-0.1, -0.05) is 23.7 Å². The Morgan fingerprint density at radius 2 is 1.82 bits per heavy atom. The Labute approximate surface area is 228 Å². The Kier molecular flexibility index (Phi) is 8.70. The Balaban J connectivity index is 1.58. The molecular formula is C28H24ClFN2O5S. The van der Waals surface area contributed by atoms with Gasteiger partial charge in [0.2, 0.25) is 0 Å². The number of hydrogen-bond donors (Lipinski definition) is 1. The molecule has 0 unspecified atom stereocenters. The molecule has 0 atom stereocenters. The van der Waals surface area contributed by atoms with E-state index in [1.54, 1.807) is 47.4 Å². The number of thioether (sulfide) groups is 1. The highest BCUT2D eigenvalue weighted by Crippen LogP contribution is 2.40. The van der Waals surface area contributed by atoms with Crippen LogP contribution in [0.1, 0.15) is 35.3 Å². The number of hydrogen-bond acceptors (Lipinski definition) is 6. The van der Waals surface area contributed by atoms with Crippen molar-refractivity contribution in [3.63, 3.8) is 0 Å². The fourth-order valence-corrected chi connectivity index (χ4v) is 4.96. The molecule has 38 heavy (non-hydrogen) atoms. The van der Waals surface area contributed by atoms with Crippen LogP contribution in [0.25, 0.3) is 6.08 Å². The van der Waals surface area contributed by atoms with Crippen molar-refractivity contribution in [2.75, 3.05) is 13.2 Å². The number of aliphatic imine (C=N–C) groups is 1. The van der Waals surface area contributed by atoms with Gasteiger partial charge in [-0.25, -0.2) is 14.2 Å². The van der Waals surface area contributed by atoms with Gasteiger partial charge in [-0.15, -0.1) is 0 Å². The molecular weight excluding hydrogens is 531 g/mol. The number of amides is 1. The van der Waals surface area contributed by atoms with Gasteiger partial charge in [-0.2, -0.15) is 0 Å². The van der Waals surface area contributed by atoms with E-state index in [0.717, 1.165) is 5.56 Å². The maximum Gasteiger partial charge on any atom is 0.335 e. The minimum Gasteiger partial charge on any atom is -0.490 e. The third-order valence-corrected chi connectivity index (χ3v) is 6.76. The zero-order chi connectivity index (χ0) is 27.2. The van der Waals surface area contributed by atoms with E-state index in [4.69, 9.17) is 26.2 Å². The highest BCUT2D eigenvalue weighted by Gasteiger charge is 2.32. The van der Waals surface area contributed by atoms with Gasteiger partial charge >= 0.3 is 5.97 Å². The molecule has 7 nitrogen and oxygen atoms in total. The van der Waals surface area contributed by atoms with Gasteiger partial charge < -0.3 is 14.6 Å². The standard InChI is InChI=1S/C28H24ClFN2O5S/c1-3-32-26(33)24(38-28(32)31-21-11-9-20(30)10-12-21)15-18-13-22(29)25(23(14-18)36-4-2)37-16-17-5-7-19(8-6-17)27(34)35/h5-15H,3-4,16H2,1-2H3,(H,34,35)/b24-15+,31-28?. The van der Waals surface area contributed by atoms with Gasteiger partial charge in [0, 0.05) is 6.54 Å². The van der Waals surface area contributed by atoms with Crippen LogP contribution in [0.2, 0.25) is 5.02 Å². The van der Waals surface area contributed by atoms with Gasteiger partial charge in [0.15, 0.2) is 16.7 Å². The van der Waals surface area contributed by atoms with Crippen LogP contribution in [0.4, 0.5) is 10.1 Å². The Bertz CT molecular complexity index is 1410. The lowest BCUT2D eigenvalue weighted by Crippen LogP contribution is -2.28. The summed E-state index contributed by atoms with van der Waals surface area (Å²) in [6.07, 6.45) is 1.71. The molecule has 4 rings (SSSR count). The van der Waals surface area contributed by atoms with Gasteiger partial charge in [0.25, 0.3) is 5.91 Å². The van der Waals surface area contributed by atoms with Crippen LogP contribution < -0.4 is 9.47 Å². The van der Waals surface area contributed by atoms with Crippen LogP contribution in [0.3, 0.4) is 0 Å². The molecule has 10 heteroatoms. The summed E-state index contributed by atoms with van der Waals surface area (Å²) >= 11 is 7.78. The predicted molar refractivity (Wildman–Crippen MR) is 147 cm³/mol. The van der Waals surface area contributed by atoms with Gasteiger partial charge in [-0.3, -0.25) is 9.69 Å². The third kappa shape index (κ3) is 6.35. The molecule has 0 spiro atoms. The molecule has 1 N–H and O–H groups in total. The van der Waals surface area contributed by atoms with Crippen molar-refractivity contribution in [3.8, 4) is 11.5 Å². The van der Waals surface area contributed by atoms with Crippen LogP contribution in [-0.2, 0) is 11.4 Å². The minimum absolute atomic E-state index is 0.156. The average Bonchev–Trinajstić information content (AvgIpc) is 3.18. The molecule has 1 heterocycles. The van der Waals surface area contributed by atoms with Gasteiger partial charge in [0.05, 0.1) is 27.8 Å². The molecule has 0 radical (unpaired) electrons. The first-order valence-corrected chi connectivity index (χ1v) is 13.0. The molecule has 1 fully saturated rings. The van der Waals surface area contributed by atoms with Crippen molar-refractivity contribution >= 4 is 52.2 Å². The monoisotopic (exact) mass is 554 g/mol. The number of halogens is 2. The number of carbonyl (C=O) groups is 2. The summed E-state index contributed by atoms with van der Waals surface area (Å²) < 4.78 is 25.0. The molecule has 1 aliphatic rings. The number of nitrogens with zero attached hydrogens (tertiary/aromatic N) is 2. The van der Waals surface area contributed by atoms with E-state index >= 15 is 0 Å². The fourth-order valence-electron chi connectivity index (χ4n) is 3.62. The number of carbonyl (C=O) groups excluding carboxylic acids is 1.